The quantitative estimate of drug-likeness (QED) is 0.501. The van der Waals surface area contributed by atoms with E-state index in [-0.39, 0.29) is 5.91 Å². The molecule has 2 bridgehead atoms. The molecule has 0 saturated carbocycles. The fourth-order valence-electron chi connectivity index (χ4n) is 4.55. The number of anilines is 1. The summed E-state index contributed by atoms with van der Waals surface area (Å²) >= 11 is 6.07. The van der Waals surface area contributed by atoms with Crippen LogP contribution in [-0.4, -0.2) is 22.6 Å². The molecule has 3 aromatic rings. The SMILES string of the molecule is Cc1ccccc1C(=O)N1C(=O)N(c2ccc(Cl)cc2)[C@]2(C)C[C@@H]1c1ccccc1O2. The number of nitrogens with zero attached hydrogens (tertiary/aromatic N) is 2. The van der Waals surface area contributed by atoms with Gasteiger partial charge in [-0.3, -0.25) is 14.6 Å². The molecule has 1 fully saturated rings. The minimum absolute atomic E-state index is 0.314. The Labute approximate surface area is 185 Å². The van der Waals surface area contributed by atoms with E-state index in [9.17, 15) is 9.59 Å². The molecule has 2 heterocycles. The van der Waals surface area contributed by atoms with E-state index < -0.39 is 17.8 Å². The predicted molar refractivity (Wildman–Crippen MR) is 120 cm³/mol. The first-order valence-corrected chi connectivity index (χ1v) is 10.5. The molecule has 3 aromatic carbocycles. The first-order valence-electron chi connectivity index (χ1n) is 10.2. The smallest absolute Gasteiger partial charge is 0.335 e. The van der Waals surface area contributed by atoms with Crippen LogP contribution in [0.2, 0.25) is 5.02 Å². The summed E-state index contributed by atoms with van der Waals surface area (Å²) in [6.07, 6.45) is 0.454. The molecule has 3 amide bonds. The van der Waals surface area contributed by atoms with Gasteiger partial charge in [0.05, 0.1) is 6.04 Å². The number of benzene rings is 3. The molecule has 1 saturated heterocycles. The van der Waals surface area contributed by atoms with Crippen LogP contribution in [0.25, 0.3) is 0 Å². The lowest BCUT2D eigenvalue weighted by Gasteiger charge is -2.53. The zero-order valence-electron chi connectivity index (χ0n) is 17.2. The molecule has 0 N–H and O–H groups in total. The van der Waals surface area contributed by atoms with E-state index in [1.807, 2.05) is 56.3 Å². The number of amides is 3. The van der Waals surface area contributed by atoms with Crippen molar-refractivity contribution in [3.63, 3.8) is 0 Å². The van der Waals surface area contributed by atoms with E-state index in [0.717, 1.165) is 11.1 Å². The molecule has 156 valence electrons. The van der Waals surface area contributed by atoms with Gasteiger partial charge < -0.3 is 4.74 Å². The molecule has 5 nitrogen and oxygen atoms in total. The number of carbonyl (C=O) groups excluding carboxylic acids is 2. The Morgan fingerprint density at radius 1 is 1.03 bits per heavy atom. The van der Waals surface area contributed by atoms with Gasteiger partial charge in [0.1, 0.15) is 5.75 Å². The van der Waals surface area contributed by atoms with Crippen LogP contribution < -0.4 is 9.64 Å². The van der Waals surface area contributed by atoms with E-state index in [0.29, 0.717) is 28.4 Å². The van der Waals surface area contributed by atoms with Gasteiger partial charge in [-0.15, -0.1) is 0 Å². The van der Waals surface area contributed by atoms with E-state index in [1.165, 1.54) is 4.90 Å². The highest BCUT2D eigenvalue weighted by atomic mass is 35.5. The fraction of sp³-hybridized carbons (Fsp3) is 0.200. The van der Waals surface area contributed by atoms with Gasteiger partial charge in [0.2, 0.25) is 0 Å². The Morgan fingerprint density at radius 2 is 1.71 bits per heavy atom. The number of imide groups is 1. The van der Waals surface area contributed by atoms with Gasteiger partial charge in [0.25, 0.3) is 5.91 Å². The summed E-state index contributed by atoms with van der Waals surface area (Å²) in [6, 6.07) is 21.1. The molecule has 31 heavy (non-hydrogen) atoms. The zero-order chi connectivity index (χ0) is 21.8. The van der Waals surface area contributed by atoms with Crippen LogP contribution in [0.15, 0.2) is 72.8 Å². The Bertz CT molecular complexity index is 1190. The average molecular weight is 433 g/mol. The second kappa shape index (κ2) is 7.13. The van der Waals surface area contributed by atoms with E-state index in [1.54, 1.807) is 35.2 Å². The summed E-state index contributed by atoms with van der Waals surface area (Å²) in [5.41, 5.74) is 1.86. The molecular weight excluding hydrogens is 412 g/mol. The maximum atomic E-state index is 13.9. The zero-order valence-corrected chi connectivity index (χ0v) is 18.0. The lowest BCUT2D eigenvalue weighted by atomic mass is 9.88. The van der Waals surface area contributed by atoms with Gasteiger partial charge in [0.15, 0.2) is 5.72 Å². The summed E-state index contributed by atoms with van der Waals surface area (Å²) in [6.45, 7) is 3.76. The second-order valence-corrected chi connectivity index (χ2v) is 8.56. The van der Waals surface area contributed by atoms with Gasteiger partial charge in [-0.05, 0) is 55.8 Å². The number of carbonyl (C=O) groups is 2. The summed E-state index contributed by atoms with van der Waals surface area (Å²) in [7, 11) is 0. The molecule has 2 aliphatic rings. The highest BCUT2D eigenvalue weighted by molar-refractivity contribution is 6.30. The van der Waals surface area contributed by atoms with Gasteiger partial charge in [-0.25, -0.2) is 4.79 Å². The number of hydrogen-bond acceptors (Lipinski definition) is 3. The van der Waals surface area contributed by atoms with Crippen LogP contribution in [0.3, 0.4) is 0 Å². The van der Waals surface area contributed by atoms with Crippen molar-refractivity contribution in [3.05, 3.63) is 94.5 Å². The number of fused-ring (bicyclic) bond motifs is 4. The largest absolute Gasteiger partial charge is 0.467 e. The van der Waals surface area contributed by atoms with Crippen LogP contribution in [0.5, 0.6) is 5.75 Å². The summed E-state index contributed by atoms with van der Waals surface area (Å²) in [5, 5.41) is 0.569. The molecule has 0 aliphatic carbocycles. The van der Waals surface area contributed by atoms with Crippen LogP contribution >= 0.6 is 11.6 Å². The van der Waals surface area contributed by atoms with Crippen LogP contribution in [0.4, 0.5) is 10.5 Å². The van der Waals surface area contributed by atoms with E-state index in [4.69, 9.17) is 16.3 Å². The highest BCUT2D eigenvalue weighted by Gasteiger charge is 2.55. The van der Waals surface area contributed by atoms with Gasteiger partial charge in [-0.2, -0.15) is 0 Å². The molecule has 0 spiro atoms. The Hall–Kier alpha value is -3.31. The van der Waals surface area contributed by atoms with Crippen molar-refractivity contribution in [3.8, 4) is 5.75 Å². The first-order chi connectivity index (χ1) is 14.9. The van der Waals surface area contributed by atoms with Crippen molar-refractivity contribution in [2.45, 2.75) is 32.0 Å². The maximum absolute atomic E-state index is 13.9. The molecule has 6 heteroatoms. The highest BCUT2D eigenvalue weighted by Crippen LogP contribution is 2.49. The normalized spacial score (nSPS) is 22.0. The summed E-state index contributed by atoms with van der Waals surface area (Å²) in [4.78, 5) is 30.5. The summed E-state index contributed by atoms with van der Waals surface area (Å²) in [5.74, 6) is 0.362. The Balaban J connectivity index is 1.68. The van der Waals surface area contributed by atoms with Crippen molar-refractivity contribution in [1.29, 1.82) is 0 Å². The third kappa shape index (κ3) is 3.08. The standard InChI is InChI=1S/C25H21ClN2O3/c1-16-7-3-4-8-19(16)23(29)27-21-15-25(2,31-22-10-6-5-9-20(21)22)28(24(27)30)18-13-11-17(26)12-14-18/h3-14,21H,15H2,1-2H3/t21-,25+/m1/s1. The number of halogens is 1. The molecule has 2 atom stereocenters. The maximum Gasteiger partial charge on any atom is 0.335 e. The first kappa shape index (κ1) is 19.6. The Kier molecular flexibility index (Phi) is 4.52. The minimum atomic E-state index is -0.938. The number of para-hydroxylation sites is 1. The number of rotatable bonds is 2. The molecular formula is C25H21ClN2O3. The molecule has 0 unspecified atom stereocenters. The van der Waals surface area contributed by atoms with E-state index in [2.05, 4.69) is 0 Å². The van der Waals surface area contributed by atoms with Crippen LogP contribution in [0, 0.1) is 6.92 Å². The van der Waals surface area contributed by atoms with Gasteiger partial charge in [-0.1, -0.05) is 48.0 Å². The van der Waals surface area contributed by atoms with Crippen LogP contribution in [0.1, 0.15) is 40.9 Å². The summed E-state index contributed by atoms with van der Waals surface area (Å²) < 4.78 is 6.35. The lowest BCUT2D eigenvalue weighted by molar-refractivity contribution is 0.00266. The number of urea groups is 1. The molecule has 0 radical (unpaired) electrons. The van der Waals surface area contributed by atoms with Crippen molar-refractivity contribution >= 4 is 29.2 Å². The van der Waals surface area contributed by atoms with Crippen molar-refractivity contribution in [2.75, 3.05) is 4.90 Å². The molecule has 5 rings (SSSR count). The van der Waals surface area contributed by atoms with E-state index >= 15 is 0 Å². The second-order valence-electron chi connectivity index (χ2n) is 8.12. The van der Waals surface area contributed by atoms with Crippen molar-refractivity contribution < 1.29 is 14.3 Å². The topological polar surface area (TPSA) is 49.9 Å². The third-order valence-electron chi connectivity index (χ3n) is 6.04. The fourth-order valence-corrected chi connectivity index (χ4v) is 4.68. The minimum Gasteiger partial charge on any atom is -0.467 e. The molecule has 2 aliphatic heterocycles. The third-order valence-corrected chi connectivity index (χ3v) is 6.29. The monoisotopic (exact) mass is 432 g/mol. The number of hydrogen-bond donors (Lipinski definition) is 0. The Morgan fingerprint density at radius 3 is 2.45 bits per heavy atom. The lowest BCUT2D eigenvalue weighted by Crippen LogP contribution is -2.67. The average Bonchev–Trinajstić information content (AvgIpc) is 2.75. The van der Waals surface area contributed by atoms with Crippen molar-refractivity contribution in [1.82, 2.24) is 4.90 Å². The predicted octanol–water partition coefficient (Wildman–Crippen LogP) is 5.97. The van der Waals surface area contributed by atoms with Crippen molar-refractivity contribution in [2.24, 2.45) is 0 Å². The number of ether oxygens (including phenoxy) is 1. The molecule has 0 aromatic heterocycles. The van der Waals surface area contributed by atoms with Crippen LogP contribution in [-0.2, 0) is 0 Å². The van der Waals surface area contributed by atoms with Gasteiger partial charge >= 0.3 is 6.03 Å². The van der Waals surface area contributed by atoms with Gasteiger partial charge in [0, 0.05) is 28.3 Å². The number of aryl methyl sites for hydroxylation is 1.